The van der Waals surface area contributed by atoms with Gasteiger partial charge in [-0.3, -0.25) is 9.80 Å². The van der Waals surface area contributed by atoms with Gasteiger partial charge < -0.3 is 20.2 Å². The number of guanidine groups is 1. The van der Waals surface area contributed by atoms with E-state index in [0.717, 1.165) is 64.7 Å². The normalized spacial score (nSPS) is 15.2. The van der Waals surface area contributed by atoms with E-state index in [1.807, 2.05) is 18.2 Å². The molecule has 1 aliphatic rings. The van der Waals surface area contributed by atoms with Crippen LogP contribution in [0.4, 0.5) is 0 Å². The number of benzene rings is 1. The average molecular weight is 527 g/mol. The lowest BCUT2D eigenvalue weighted by atomic mass is 10.1. The monoisotopic (exact) mass is 527 g/mol. The summed E-state index contributed by atoms with van der Waals surface area (Å²) in [7, 11) is 2.09. The number of hydrogen-bond donors (Lipinski definition) is 2. The predicted octanol–water partition coefficient (Wildman–Crippen LogP) is 2.66. The van der Waals surface area contributed by atoms with Crippen LogP contribution in [-0.4, -0.2) is 62.2 Å². The molecule has 0 atom stereocenters. The summed E-state index contributed by atoms with van der Waals surface area (Å²) in [4.78, 5) is 9.19. The van der Waals surface area contributed by atoms with Gasteiger partial charge in [-0.05, 0) is 43.3 Å². The van der Waals surface area contributed by atoms with Gasteiger partial charge in [-0.1, -0.05) is 24.3 Å². The summed E-state index contributed by atoms with van der Waals surface area (Å²) in [5, 5.41) is 3.23. The van der Waals surface area contributed by atoms with Crippen LogP contribution in [0.2, 0.25) is 0 Å². The molecule has 7 nitrogen and oxygen atoms in total. The molecule has 0 spiro atoms. The smallest absolute Gasteiger partial charge is 0.188 e. The van der Waals surface area contributed by atoms with Crippen LogP contribution in [0.5, 0.6) is 0 Å². The Kier molecular flexibility index (Phi) is 11.2. The molecular weight excluding hydrogens is 493 g/mol. The standard InChI is InChI=1S/C22H33N5O2.HI/c1-26(18-21-8-4-13-29-21)17-20-7-3-2-6-19(20)16-25-22(23)24-9-5-10-27-11-14-28-15-12-27;/h2-4,6-8,13H,5,9-12,14-18H2,1H3,(H3,23,24,25);1H. The first-order valence-corrected chi connectivity index (χ1v) is 10.3. The van der Waals surface area contributed by atoms with Crippen LogP contribution in [-0.2, 0) is 24.4 Å². The highest BCUT2D eigenvalue weighted by Crippen LogP contribution is 2.14. The summed E-state index contributed by atoms with van der Waals surface area (Å²) in [5.74, 6) is 1.47. The number of halogens is 1. The van der Waals surface area contributed by atoms with E-state index in [2.05, 4.69) is 45.4 Å². The van der Waals surface area contributed by atoms with Crippen LogP contribution >= 0.6 is 24.0 Å². The highest BCUT2D eigenvalue weighted by Gasteiger charge is 2.09. The van der Waals surface area contributed by atoms with E-state index in [4.69, 9.17) is 14.9 Å². The number of nitrogens with zero attached hydrogens (tertiary/aromatic N) is 3. The highest BCUT2D eigenvalue weighted by molar-refractivity contribution is 14.0. The Morgan fingerprint density at radius 2 is 1.90 bits per heavy atom. The molecule has 8 heteroatoms. The minimum Gasteiger partial charge on any atom is -0.468 e. The maximum atomic E-state index is 6.06. The van der Waals surface area contributed by atoms with E-state index in [9.17, 15) is 0 Å². The van der Waals surface area contributed by atoms with Crippen molar-refractivity contribution in [2.75, 3.05) is 46.4 Å². The zero-order valence-electron chi connectivity index (χ0n) is 17.8. The molecule has 2 aromatic rings. The third-order valence-corrected chi connectivity index (χ3v) is 5.05. The maximum Gasteiger partial charge on any atom is 0.188 e. The Morgan fingerprint density at radius 1 is 1.13 bits per heavy atom. The summed E-state index contributed by atoms with van der Waals surface area (Å²) in [6, 6.07) is 12.3. The lowest BCUT2D eigenvalue weighted by Crippen LogP contribution is -2.39. The van der Waals surface area contributed by atoms with Crippen molar-refractivity contribution >= 4 is 29.9 Å². The molecule has 3 rings (SSSR count). The second-order valence-electron chi connectivity index (χ2n) is 7.46. The molecular formula is C22H34IN5O2. The Balaban J connectivity index is 0.00000320. The molecule has 0 amide bonds. The first-order chi connectivity index (χ1) is 14.2. The van der Waals surface area contributed by atoms with E-state index < -0.39 is 0 Å². The fourth-order valence-electron chi connectivity index (χ4n) is 3.45. The molecule has 0 bridgehead atoms. The SMILES string of the molecule is CN(Cc1ccco1)Cc1ccccc1CN=C(N)NCCCN1CCOCC1.I. The van der Waals surface area contributed by atoms with Crippen molar-refractivity contribution in [3.8, 4) is 0 Å². The van der Waals surface area contributed by atoms with Crippen LogP contribution < -0.4 is 11.1 Å². The molecule has 0 radical (unpaired) electrons. The van der Waals surface area contributed by atoms with Crippen molar-refractivity contribution in [1.82, 2.24) is 15.1 Å². The summed E-state index contributed by atoms with van der Waals surface area (Å²) >= 11 is 0. The van der Waals surface area contributed by atoms with Gasteiger partial charge in [0.15, 0.2) is 5.96 Å². The molecule has 0 unspecified atom stereocenters. The lowest BCUT2D eigenvalue weighted by Gasteiger charge is -2.26. The van der Waals surface area contributed by atoms with Crippen molar-refractivity contribution < 1.29 is 9.15 Å². The third-order valence-electron chi connectivity index (χ3n) is 5.05. The summed E-state index contributed by atoms with van der Waals surface area (Å²) in [5.41, 5.74) is 8.51. The first-order valence-electron chi connectivity index (χ1n) is 10.3. The van der Waals surface area contributed by atoms with E-state index in [1.165, 1.54) is 11.1 Å². The van der Waals surface area contributed by atoms with Crippen LogP contribution in [0, 0.1) is 0 Å². The average Bonchev–Trinajstić information content (AvgIpc) is 3.24. The molecule has 30 heavy (non-hydrogen) atoms. The van der Waals surface area contributed by atoms with E-state index in [1.54, 1.807) is 6.26 Å². The zero-order valence-corrected chi connectivity index (χ0v) is 20.1. The van der Waals surface area contributed by atoms with Gasteiger partial charge in [0, 0.05) is 26.2 Å². The largest absolute Gasteiger partial charge is 0.468 e. The Hall–Kier alpha value is -1.62. The van der Waals surface area contributed by atoms with Crippen LogP contribution in [0.3, 0.4) is 0 Å². The van der Waals surface area contributed by atoms with Gasteiger partial charge in [0.2, 0.25) is 0 Å². The second kappa shape index (κ2) is 13.6. The van der Waals surface area contributed by atoms with E-state index in [0.29, 0.717) is 12.5 Å². The number of nitrogens with one attached hydrogen (secondary N) is 1. The Labute approximate surface area is 196 Å². The van der Waals surface area contributed by atoms with Gasteiger partial charge in [-0.25, -0.2) is 4.99 Å². The predicted molar refractivity (Wildman–Crippen MR) is 131 cm³/mol. The van der Waals surface area contributed by atoms with Crippen molar-refractivity contribution in [2.45, 2.75) is 26.1 Å². The van der Waals surface area contributed by atoms with Crippen LogP contribution in [0.15, 0.2) is 52.1 Å². The molecule has 1 fully saturated rings. The third kappa shape index (κ3) is 8.63. The van der Waals surface area contributed by atoms with Gasteiger partial charge in [0.1, 0.15) is 5.76 Å². The van der Waals surface area contributed by atoms with Gasteiger partial charge in [0.05, 0.1) is 32.6 Å². The van der Waals surface area contributed by atoms with Crippen LogP contribution in [0.1, 0.15) is 23.3 Å². The molecule has 166 valence electrons. The number of morpholine rings is 1. The molecule has 1 aromatic heterocycles. The summed E-state index contributed by atoms with van der Waals surface area (Å²) in [6.45, 7) is 7.81. The molecule has 1 aromatic carbocycles. The topological polar surface area (TPSA) is 79.3 Å². The van der Waals surface area contributed by atoms with Crippen molar-refractivity contribution in [3.05, 3.63) is 59.5 Å². The van der Waals surface area contributed by atoms with Gasteiger partial charge in [-0.15, -0.1) is 24.0 Å². The number of aliphatic imine (C=N–C) groups is 1. The Bertz CT molecular complexity index is 748. The minimum absolute atomic E-state index is 0. The van der Waals surface area contributed by atoms with Crippen molar-refractivity contribution in [1.29, 1.82) is 0 Å². The summed E-state index contributed by atoms with van der Waals surface area (Å²) in [6.07, 6.45) is 2.76. The zero-order chi connectivity index (χ0) is 20.3. The quantitative estimate of drug-likeness (QED) is 0.214. The Morgan fingerprint density at radius 3 is 2.63 bits per heavy atom. The molecule has 0 aliphatic carbocycles. The number of nitrogens with two attached hydrogens (primary N) is 1. The maximum absolute atomic E-state index is 6.06. The lowest BCUT2D eigenvalue weighted by molar-refractivity contribution is 0.0376. The second-order valence-corrected chi connectivity index (χ2v) is 7.46. The number of furan rings is 1. The van der Waals surface area contributed by atoms with Crippen molar-refractivity contribution in [2.24, 2.45) is 10.7 Å². The first kappa shape index (κ1) is 24.6. The van der Waals surface area contributed by atoms with Gasteiger partial charge in [-0.2, -0.15) is 0 Å². The fraction of sp³-hybridized carbons (Fsp3) is 0.500. The fourth-order valence-corrected chi connectivity index (χ4v) is 3.45. The van der Waals surface area contributed by atoms with Gasteiger partial charge in [0.25, 0.3) is 0 Å². The minimum atomic E-state index is 0. The van der Waals surface area contributed by atoms with E-state index in [-0.39, 0.29) is 24.0 Å². The molecule has 3 N–H and O–H groups in total. The van der Waals surface area contributed by atoms with Crippen LogP contribution in [0.25, 0.3) is 0 Å². The summed E-state index contributed by atoms with van der Waals surface area (Å²) < 4.78 is 10.8. The highest BCUT2D eigenvalue weighted by atomic mass is 127. The number of rotatable bonds is 10. The van der Waals surface area contributed by atoms with Crippen molar-refractivity contribution in [3.63, 3.8) is 0 Å². The molecule has 1 aliphatic heterocycles. The number of ether oxygens (including phenoxy) is 1. The van der Waals surface area contributed by atoms with Gasteiger partial charge >= 0.3 is 0 Å². The number of hydrogen-bond acceptors (Lipinski definition) is 5. The van der Waals surface area contributed by atoms with E-state index >= 15 is 0 Å². The molecule has 0 saturated carbocycles. The molecule has 1 saturated heterocycles. The molecule has 2 heterocycles.